The molecular formula is C18H14BrN3O3. The van der Waals surface area contributed by atoms with Gasteiger partial charge < -0.3 is 10.4 Å². The number of hydrogen-bond acceptors (Lipinski definition) is 4. The Balaban J connectivity index is 1.91. The fraction of sp³-hybridized carbons (Fsp3) is 0.111. The van der Waals surface area contributed by atoms with E-state index < -0.39 is 12.0 Å². The van der Waals surface area contributed by atoms with Gasteiger partial charge >= 0.3 is 5.97 Å². The average molecular weight is 400 g/mol. The number of hydrogen-bond donors (Lipinski definition) is 2. The molecule has 0 radical (unpaired) electrons. The minimum Gasteiger partial charge on any atom is -0.481 e. The van der Waals surface area contributed by atoms with Crippen molar-refractivity contribution in [3.8, 4) is 0 Å². The van der Waals surface area contributed by atoms with Crippen LogP contribution < -0.4 is 5.32 Å². The smallest absolute Gasteiger partial charge is 0.305 e. The molecule has 0 unspecified atom stereocenters. The number of rotatable bonds is 5. The third-order valence-corrected chi connectivity index (χ3v) is 4.24. The number of carboxylic acid groups (broad SMARTS) is 1. The van der Waals surface area contributed by atoms with E-state index in [-0.39, 0.29) is 12.3 Å². The summed E-state index contributed by atoms with van der Waals surface area (Å²) in [5.74, 6) is -1.36. The summed E-state index contributed by atoms with van der Waals surface area (Å²) in [6.45, 7) is 0. The summed E-state index contributed by atoms with van der Waals surface area (Å²) < 4.78 is 0.878. The van der Waals surface area contributed by atoms with E-state index in [1.54, 1.807) is 36.5 Å². The first kappa shape index (κ1) is 17.0. The van der Waals surface area contributed by atoms with Gasteiger partial charge in [-0.2, -0.15) is 0 Å². The lowest BCUT2D eigenvalue weighted by Crippen LogP contribution is -2.30. The van der Waals surface area contributed by atoms with Gasteiger partial charge in [-0.15, -0.1) is 0 Å². The van der Waals surface area contributed by atoms with Gasteiger partial charge in [0.1, 0.15) is 0 Å². The van der Waals surface area contributed by atoms with Crippen LogP contribution in [0, 0.1) is 0 Å². The molecule has 0 saturated heterocycles. The minimum absolute atomic E-state index is 0.214. The number of aromatic nitrogens is 2. The van der Waals surface area contributed by atoms with Gasteiger partial charge in [-0.1, -0.05) is 28.1 Å². The van der Waals surface area contributed by atoms with Gasteiger partial charge in [-0.05, 0) is 35.9 Å². The van der Waals surface area contributed by atoms with Crippen molar-refractivity contribution < 1.29 is 14.7 Å². The Morgan fingerprint density at radius 3 is 2.52 bits per heavy atom. The maximum Gasteiger partial charge on any atom is 0.305 e. The van der Waals surface area contributed by atoms with Crippen LogP contribution in [0.5, 0.6) is 0 Å². The Labute approximate surface area is 152 Å². The molecule has 0 aliphatic heterocycles. The van der Waals surface area contributed by atoms with E-state index in [0.29, 0.717) is 16.6 Å². The first-order valence-corrected chi connectivity index (χ1v) is 8.32. The van der Waals surface area contributed by atoms with Crippen LogP contribution in [0.25, 0.3) is 11.0 Å². The quantitative estimate of drug-likeness (QED) is 0.686. The van der Waals surface area contributed by atoms with Gasteiger partial charge in [0, 0.05) is 22.3 Å². The lowest BCUT2D eigenvalue weighted by atomic mass is 10.0. The Morgan fingerprint density at radius 2 is 1.80 bits per heavy atom. The van der Waals surface area contributed by atoms with Gasteiger partial charge in [0.05, 0.1) is 18.0 Å². The van der Waals surface area contributed by atoms with Crippen LogP contribution in [0.3, 0.4) is 0 Å². The molecule has 0 fully saturated rings. The van der Waals surface area contributed by atoms with E-state index in [1.165, 1.54) is 6.20 Å². The van der Waals surface area contributed by atoms with Crippen LogP contribution in [0.15, 0.2) is 59.3 Å². The molecule has 126 valence electrons. The number of nitrogens with zero attached hydrogens (tertiary/aromatic N) is 2. The molecule has 1 aromatic carbocycles. The molecule has 0 aliphatic rings. The number of benzene rings is 1. The Morgan fingerprint density at radius 1 is 1.08 bits per heavy atom. The highest BCUT2D eigenvalue weighted by atomic mass is 79.9. The summed E-state index contributed by atoms with van der Waals surface area (Å²) in [5.41, 5.74) is 1.59. The molecule has 2 aromatic heterocycles. The first-order chi connectivity index (χ1) is 12.0. The summed E-state index contributed by atoms with van der Waals surface area (Å²) >= 11 is 3.34. The number of carbonyl (C=O) groups excluding carboxylic acids is 1. The fourth-order valence-corrected chi connectivity index (χ4v) is 2.80. The van der Waals surface area contributed by atoms with Gasteiger partial charge in [-0.25, -0.2) is 9.97 Å². The number of carbonyl (C=O) groups is 2. The molecule has 2 N–H and O–H groups in total. The van der Waals surface area contributed by atoms with E-state index in [1.807, 2.05) is 12.1 Å². The predicted octanol–water partition coefficient (Wildman–Crippen LogP) is 3.34. The maximum absolute atomic E-state index is 12.7. The molecule has 0 spiro atoms. The van der Waals surface area contributed by atoms with Gasteiger partial charge in [-0.3, -0.25) is 9.59 Å². The summed E-state index contributed by atoms with van der Waals surface area (Å²) in [7, 11) is 0. The maximum atomic E-state index is 12.7. The van der Waals surface area contributed by atoms with Crippen LogP contribution in [-0.4, -0.2) is 27.0 Å². The van der Waals surface area contributed by atoms with Crippen LogP contribution in [0.4, 0.5) is 0 Å². The van der Waals surface area contributed by atoms with E-state index in [9.17, 15) is 14.7 Å². The van der Waals surface area contributed by atoms with Crippen LogP contribution in [0.1, 0.15) is 28.4 Å². The van der Waals surface area contributed by atoms with E-state index in [2.05, 4.69) is 31.2 Å². The van der Waals surface area contributed by atoms with E-state index >= 15 is 0 Å². The number of aliphatic carboxylic acids is 1. The second kappa shape index (κ2) is 7.40. The molecular weight excluding hydrogens is 386 g/mol. The Kier molecular flexibility index (Phi) is 5.04. The number of amides is 1. The van der Waals surface area contributed by atoms with Crippen molar-refractivity contribution in [3.63, 3.8) is 0 Å². The highest BCUT2D eigenvalue weighted by Crippen LogP contribution is 2.21. The van der Waals surface area contributed by atoms with Crippen LogP contribution in [-0.2, 0) is 4.79 Å². The molecule has 3 aromatic rings. The molecule has 1 atom stereocenters. The summed E-state index contributed by atoms with van der Waals surface area (Å²) in [6, 6.07) is 11.6. The van der Waals surface area contributed by atoms with Crippen LogP contribution in [0.2, 0.25) is 0 Å². The molecule has 1 amide bonds. The monoisotopic (exact) mass is 399 g/mol. The molecule has 25 heavy (non-hydrogen) atoms. The topological polar surface area (TPSA) is 92.2 Å². The molecule has 0 saturated carbocycles. The zero-order chi connectivity index (χ0) is 17.8. The molecule has 3 rings (SSSR count). The largest absolute Gasteiger partial charge is 0.481 e. The molecule has 7 heteroatoms. The lowest BCUT2D eigenvalue weighted by Gasteiger charge is -2.18. The summed E-state index contributed by atoms with van der Waals surface area (Å²) in [6.07, 6.45) is 2.90. The van der Waals surface area contributed by atoms with E-state index in [4.69, 9.17) is 0 Å². The van der Waals surface area contributed by atoms with Gasteiger partial charge in [0.15, 0.2) is 5.65 Å². The lowest BCUT2D eigenvalue weighted by molar-refractivity contribution is -0.137. The molecule has 0 aliphatic carbocycles. The van der Waals surface area contributed by atoms with Gasteiger partial charge in [0.2, 0.25) is 0 Å². The third kappa shape index (κ3) is 4.00. The molecule has 6 nitrogen and oxygen atoms in total. The second-order valence-electron chi connectivity index (χ2n) is 5.41. The number of halogens is 1. The zero-order valence-corrected chi connectivity index (χ0v) is 14.6. The Hall–Kier alpha value is -2.80. The zero-order valence-electron chi connectivity index (χ0n) is 13.0. The second-order valence-corrected chi connectivity index (χ2v) is 6.32. The van der Waals surface area contributed by atoms with Crippen molar-refractivity contribution in [1.29, 1.82) is 0 Å². The summed E-state index contributed by atoms with van der Waals surface area (Å²) in [4.78, 5) is 32.2. The highest BCUT2D eigenvalue weighted by Gasteiger charge is 2.20. The SMILES string of the molecule is O=C(O)C[C@@H](NC(=O)c1ccnc2ncccc12)c1ccc(Br)cc1. The van der Waals surface area contributed by atoms with Crippen molar-refractivity contribution in [3.05, 3.63) is 70.5 Å². The molecule has 0 bridgehead atoms. The van der Waals surface area contributed by atoms with Crippen molar-refractivity contribution in [2.45, 2.75) is 12.5 Å². The predicted molar refractivity (Wildman–Crippen MR) is 96.1 cm³/mol. The fourth-order valence-electron chi connectivity index (χ4n) is 2.54. The number of fused-ring (bicyclic) bond motifs is 1. The third-order valence-electron chi connectivity index (χ3n) is 3.72. The first-order valence-electron chi connectivity index (χ1n) is 7.52. The summed E-state index contributed by atoms with van der Waals surface area (Å²) in [5, 5.41) is 12.6. The van der Waals surface area contributed by atoms with Crippen molar-refractivity contribution in [1.82, 2.24) is 15.3 Å². The standard InChI is InChI=1S/C18H14BrN3O3/c19-12-5-3-11(4-6-12)15(10-16(23)24)22-18(25)14-7-9-21-17-13(14)2-1-8-20-17/h1-9,15H,10H2,(H,22,25)(H,23,24)/t15-/m1/s1. The Bertz CT molecular complexity index is 923. The average Bonchev–Trinajstić information content (AvgIpc) is 2.61. The van der Waals surface area contributed by atoms with Crippen molar-refractivity contribution >= 4 is 38.8 Å². The van der Waals surface area contributed by atoms with Crippen molar-refractivity contribution in [2.24, 2.45) is 0 Å². The van der Waals surface area contributed by atoms with E-state index in [0.717, 1.165) is 10.0 Å². The van der Waals surface area contributed by atoms with Crippen molar-refractivity contribution in [2.75, 3.05) is 0 Å². The normalized spacial score (nSPS) is 11.9. The minimum atomic E-state index is -0.991. The number of pyridine rings is 2. The molecule has 2 heterocycles. The number of carboxylic acids is 1. The number of nitrogens with one attached hydrogen (secondary N) is 1. The van der Waals surface area contributed by atoms with Crippen LogP contribution >= 0.6 is 15.9 Å². The highest BCUT2D eigenvalue weighted by molar-refractivity contribution is 9.10. The van der Waals surface area contributed by atoms with Gasteiger partial charge in [0.25, 0.3) is 5.91 Å².